The van der Waals surface area contributed by atoms with Crippen molar-refractivity contribution in [3.05, 3.63) is 0 Å². The summed E-state index contributed by atoms with van der Waals surface area (Å²) in [4.78, 5) is 11.5. The van der Waals surface area contributed by atoms with Crippen molar-refractivity contribution in [3.8, 4) is 0 Å². The van der Waals surface area contributed by atoms with E-state index in [-0.39, 0.29) is 11.3 Å². The summed E-state index contributed by atoms with van der Waals surface area (Å²) in [6, 6.07) is 0. The Morgan fingerprint density at radius 1 is 1.36 bits per heavy atom. The Hall–Kier alpha value is -0.570. The van der Waals surface area contributed by atoms with Gasteiger partial charge in [-0.1, -0.05) is 19.3 Å². The number of rotatable bonds is 4. The molecule has 1 rings (SSSR count). The van der Waals surface area contributed by atoms with Gasteiger partial charge >= 0.3 is 0 Å². The monoisotopic (exact) mass is 198 g/mol. The smallest absolute Gasteiger partial charge is 0.220 e. The van der Waals surface area contributed by atoms with Gasteiger partial charge in [0.1, 0.15) is 0 Å². The highest BCUT2D eigenvalue weighted by Crippen LogP contribution is 2.38. The lowest BCUT2D eigenvalue weighted by Crippen LogP contribution is -2.38. The van der Waals surface area contributed by atoms with Gasteiger partial charge in [-0.05, 0) is 31.7 Å². The van der Waals surface area contributed by atoms with Crippen molar-refractivity contribution < 1.29 is 4.79 Å². The molecule has 0 aromatic heterocycles. The van der Waals surface area contributed by atoms with Gasteiger partial charge in [0.2, 0.25) is 5.91 Å². The SMILES string of the molecule is CCNC(=O)CC1(CN)CCCCC1. The lowest BCUT2D eigenvalue weighted by atomic mass is 9.72. The first-order valence-corrected chi connectivity index (χ1v) is 5.69. The van der Waals surface area contributed by atoms with Crippen LogP contribution in [-0.2, 0) is 4.79 Å². The third kappa shape index (κ3) is 2.98. The summed E-state index contributed by atoms with van der Waals surface area (Å²) in [5.41, 5.74) is 5.91. The van der Waals surface area contributed by atoms with E-state index in [9.17, 15) is 4.79 Å². The number of carbonyl (C=O) groups excluding carboxylic acids is 1. The van der Waals surface area contributed by atoms with Crippen LogP contribution in [0.2, 0.25) is 0 Å². The number of carbonyl (C=O) groups is 1. The molecule has 0 aromatic carbocycles. The van der Waals surface area contributed by atoms with Gasteiger partial charge in [-0.15, -0.1) is 0 Å². The molecular weight excluding hydrogens is 176 g/mol. The largest absolute Gasteiger partial charge is 0.356 e. The van der Waals surface area contributed by atoms with Gasteiger partial charge in [-0.2, -0.15) is 0 Å². The molecule has 1 fully saturated rings. The van der Waals surface area contributed by atoms with E-state index in [0.29, 0.717) is 13.0 Å². The van der Waals surface area contributed by atoms with Gasteiger partial charge < -0.3 is 11.1 Å². The molecule has 14 heavy (non-hydrogen) atoms. The number of nitrogens with one attached hydrogen (secondary N) is 1. The fourth-order valence-corrected chi connectivity index (χ4v) is 2.36. The molecule has 0 radical (unpaired) electrons. The molecule has 1 saturated carbocycles. The summed E-state index contributed by atoms with van der Waals surface area (Å²) in [7, 11) is 0. The Labute approximate surface area is 86.4 Å². The van der Waals surface area contributed by atoms with Crippen molar-refractivity contribution in [2.24, 2.45) is 11.1 Å². The molecule has 3 heteroatoms. The number of nitrogens with two attached hydrogens (primary N) is 1. The maximum atomic E-state index is 11.5. The van der Waals surface area contributed by atoms with Gasteiger partial charge in [-0.25, -0.2) is 0 Å². The molecule has 0 atom stereocenters. The number of amides is 1. The molecule has 0 unspecified atom stereocenters. The van der Waals surface area contributed by atoms with E-state index in [2.05, 4.69) is 5.32 Å². The first-order valence-electron chi connectivity index (χ1n) is 5.69. The Bertz CT molecular complexity index is 186. The lowest BCUT2D eigenvalue weighted by molar-refractivity contribution is -0.123. The summed E-state index contributed by atoms with van der Waals surface area (Å²) in [6.45, 7) is 3.33. The van der Waals surface area contributed by atoms with Crippen LogP contribution in [0.1, 0.15) is 45.4 Å². The van der Waals surface area contributed by atoms with E-state index < -0.39 is 0 Å². The molecule has 82 valence electrons. The normalized spacial score (nSPS) is 20.4. The maximum absolute atomic E-state index is 11.5. The van der Waals surface area contributed by atoms with Crippen LogP contribution in [-0.4, -0.2) is 19.0 Å². The summed E-state index contributed by atoms with van der Waals surface area (Å²) in [5, 5.41) is 2.86. The predicted molar refractivity (Wildman–Crippen MR) is 57.9 cm³/mol. The molecule has 3 N–H and O–H groups in total. The molecule has 0 saturated heterocycles. The van der Waals surface area contributed by atoms with Gasteiger partial charge in [0.05, 0.1) is 0 Å². The molecule has 0 aliphatic heterocycles. The summed E-state index contributed by atoms with van der Waals surface area (Å²) in [6.07, 6.45) is 6.64. The molecule has 0 aromatic rings. The highest BCUT2D eigenvalue weighted by Gasteiger charge is 2.32. The van der Waals surface area contributed by atoms with Crippen LogP contribution in [0.15, 0.2) is 0 Å². The minimum atomic E-state index is 0.109. The number of hydrogen-bond acceptors (Lipinski definition) is 2. The van der Waals surface area contributed by atoms with E-state index in [1.54, 1.807) is 0 Å². The van der Waals surface area contributed by atoms with Crippen LogP contribution < -0.4 is 11.1 Å². The van der Waals surface area contributed by atoms with E-state index in [1.807, 2.05) is 6.92 Å². The summed E-state index contributed by atoms with van der Waals surface area (Å²) in [5.74, 6) is 0.167. The van der Waals surface area contributed by atoms with Crippen LogP contribution in [0.5, 0.6) is 0 Å². The minimum Gasteiger partial charge on any atom is -0.356 e. The van der Waals surface area contributed by atoms with Crippen LogP contribution in [0.25, 0.3) is 0 Å². The van der Waals surface area contributed by atoms with Crippen LogP contribution >= 0.6 is 0 Å². The van der Waals surface area contributed by atoms with Gasteiger partial charge in [0, 0.05) is 13.0 Å². The third-order valence-electron chi connectivity index (χ3n) is 3.26. The molecule has 1 aliphatic carbocycles. The molecular formula is C11H22N2O. The first-order chi connectivity index (χ1) is 6.72. The zero-order chi connectivity index (χ0) is 10.4. The lowest BCUT2D eigenvalue weighted by Gasteiger charge is -2.35. The Morgan fingerprint density at radius 3 is 2.50 bits per heavy atom. The second-order valence-electron chi connectivity index (χ2n) is 4.40. The third-order valence-corrected chi connectivity index (χ3v) is 3.26. The van der Waals surface area contributed by atoms with Crippen LogP contribution in [0, 0.1) is 5.41 Å². The molecule has 0 heterocycles. The molecule has 1 aliphatic rings. The van der Waals surface area contributed by atoms with E-state index in [4.69, 9.17) is 5.73 Å². The second kappa shape index (κ2) is 5.35. The molecule has 0 bridgehead atoms. The number of hydrogen-bond donors (Lipinski definition) is 2. The average Bonchev–Trinajstić information content (AvgIpc) is 2.19. The summed E-state index contributed by atoms with van der Waals surface area (Å²) >= 11 is 0. The predicted octanol–water partition coefficient (Wildman–Crippen LogP) is 1.42. The second-order valence-corrected chi connectivity index (χ2v) is 4.40. The quantitative estimate of drug-likeness (QED) is 0.718. The van der Waals surface area contributed by atoms with E-state index >= 15 is 0 Å². The van der Waals surface area contributed by atoms with Crippen LogP contribution in [0.3, 0.4) is 0 Å². The van der Waals surface area contributed by atoms with Crippen molar-refractivity contribution in [2.45, 2.75) is 45.4 Å². The minimum absolute atomic E-state index is 0.109. The van der Waals surface area contributed by atoms with Crippen molar-refractivity contribution in [1.29, 1.82) is 0 Å². The first kappa shape index (κ1) is 11.5. The Kier molecular flexibility index (Phi) is 4.39. The van der Waals surface area contributed by atoms with E-state index in [1.165, 1.54) is 19.3 Å². The fourth-order valence-electron chi connectivity index (χ4n) is 2.36. The Morgan fingerprint density at radius 2 is 2.00 bits per heavy atom. The highest BCUT2D eigenvalue weighted by molar-refractivity contribution is 5.76. The van der Waals surface area contributed by atoms with Crippen molar-refractivity contribution in [2.75, 3.05) is 13.1 Å². The van der Waals surface area contributed by atoms with Crippen molar-refractivity contribution in [1.82, 2.24) is 5.32 Å². The summed E-state index contributed by atoms with van der Waals surface area (Å²) < 4.78 is 0. The molecule has 3 nitrogen and oxygen atoms in total. The average molecular weight is 198 g/mol. The van der Waals surface area contributed by atoms with E-state index in [0.717, 1.165) is 19.4 Å². The maximum Gasteiger partial charge on any atom is 0.220 e. The highest BCUT2D eigenvalue weighted by atomic mass is 16.1. The van der Waals surface area contributed by atoms with Crippen molar-refractivity contribution in [3.63, 3.8) is 0 Å². The topological polar surface area (TPSA) is 55.1 Å². The Balaban J connectivity index is 2.47. The zero-order valence-electron chi connectivity index (χ0n) is 9.14. The standard InChI is InChI=1S/C11H22N2O/c1-2-13-10(14)8-11(9-12)6-4-3-5-7-11/h2-9,12H2,1H3,(H,13,14). The molecule has 0 spiro atoms. The zero-order valence-corrected chi connectivity index (χ0v) is 9.14. The van der Waals surface area contributed by atoms with Gasteiger partial charge in [0.25, 0.3) is 0 Å². The van der Waals surface area contributed by atoms with Gasteiger partial charge in [-0.3, -0.25) is 4.79 Å². The van der Waals surface area contributed by atoms with Gasteiger partial charge in [0.15, 0.2) is 0 Å². The fraction of sp³-hybridized carbons (Fsp3) is 0.909. The van der Waals surface area contributed by atoms with Crippen LogP contribution in [0.4, 0.5) is 0 Å². The van der Waals surface area contributed by atoms with Crippen molar-refractivity contribution >= 4 is 5.91 Å². The molecule has 1 amide bonds.